The Morgan fingerprint density at radius 1 is 1.59 bits per heavy atom. The first-order valence-corrected chi connectivity index (χ1v) is 5.79. The Labute approximate surface area is 103 Å². The molecule has 6 heteroatoms. The van der Waals surface area contributed by atoms with Gasteiger partial charge in [0.2, 0.25) is 5.91 Å². The van der Waals surface area contributed by atoms with Gasteiger partial charge in [0, 0.05) is 5.69 Å². The molecule has 0 atom stereocenters. The Hall–Kier alpha value is -2.00. The number of amides is 1. The number of nitrogens with one attached hydrogen (secondary N) is 1. The number of carbonyl (C=O) groups is 1. The average molecular weight is 251 g/mol. The first-order chi connectivity index (χ1) is 8.08. The minimum absolute atomic E-state index is 0.193. The first kappa shape index (κ1) is 13.1. The third kappa shape index (κ3) is 3.50. The molecule has 3 N–H and O–H groups in total. The number of benzene rings is 1. The summed E-state index contributed by atoms with van der Waals surface area (Å²) in [5.74, 6) is -1.22. The SMILES string of the molecule is [C-]#[N+]/C(C(N)=O)=C(\Nc1cccc(F)c1)SC. The molecule has 0 radical (unpaired) electrons. The van der Waals surface area contributed by atoms with E-state index in [0.29, 0.717) is 10.7 Å². The molecular weight excluding hydrogens is 241 g/mol. The third-order valence-electron chi connectivity index (χ3n) is 1.85. The fraction of sp³-hybridized carbons (Fsp3) is 0.0909. The van der Waals surface area contributed by atoms with Crippen LogP contribution in [-0.4, -0.2) is 12.2 Å². The zero-order valence-corrected chi connectivity index (χ0v) is 9.84. The van der Waals surface area contributed by atoms with Crippen molar-refractivity contribution >= 4 is 23.4 Å². The van der Waals surface area contributed by atoms with Crippen molar-refractivity contribution in [3.8, 4) is 0 Å². The summed E-state index contributed by atoms with van der Waals surface area (Å²) < 4.78 is 12.9. The van der Waals surface area contributed by atoms with Crippen LogP contribution >= 0.6 is 11.8 Å². The number of hydrogen-bond donors (Lipinski definition) is 2. The van der Waals surface area contributed by atoms with Crippen molar-refractivity contribution in [2.75, 3.05) is 11.6 Å². The lowest BCUT2D eigenvalue weighted by Gasteiger charge is -2.09. The van der Waals surface area contributed by atoms with E-state index in [2.05, 4.69) is 10.2 Å². The summed E-state index contributed by atoms with van der Waals surface area (Å²) in [7, 11) is 0. The van der Waals surface area contributed by atoms with Gasteiger partial charge in [0.15, 0.2) is 0 Å². The fourth-order valence-electron chi connectivity index (χ4n) is 1.12. The maximum Gasteiger partial charge on any atom is 0.278 e. The molecule has 0 bridgehead atoms. The van der Waals surface area contributed by atoms with E-state index in [0.717, 1.165) is 11.8 Å². The van der Waals surface area contributed by atoms with Crippen molar-refractivity contribution in [1.82, 2.24) is 0 Å². The normalized spacial score (nSPS) is 11.4. The van der Waals surface area contributed by atoms with Crippen molar-refractivity contribution in [3.63, 3.8) is 0 Å². The van der Waals surface area contributed by atoms with Crippen LogP contribution in [0, 0.1) is 12.4 Å². The van der Waals surface area contributed by atoms with Crippen LogP contribution < -0.4 is 11.1 Å². The summed E-state index contributed by atoms with van der Waals surface area (Å²) in [4.78, 5) is 14.1. The van der Waals surface area contributed by atoms with Crippen molar-refractivity contribution in [2.45, 2.75) is 0 Å². The average Bonchev–Trinajstić information content (AvgIpc) is 2.28. The van der Waals surface area contributed by atoms with Gasteiger partial charge in [0.05, 0.1) is 11.6 Å². The molecule has 0 saturated carbocycles. The Bertz CT molecular complexity index is 508. The van der Waals surface area contributed by atoms with Gasteiger partial charge >= 0.3 is 0 Å². The van der Waals surface area contributed by atoms with Crippen molar-refractivity contribution in [2.24, 2.45) is 5.73 Å². The third-order valence-corrected chi connectivity index (χ3v) is 2.55. The molecule has 1 amide bonds. The standard InChI is InChI=1S/C11H10FN3OS/c1-14-9(10(13)16)11(17-2)15-8-5-3-4-7(12)6-8/h3-6,15H,2H3,(H2,13,16)/b11-9+. The molecule has 1 aromatic carbocycles. The largest absolute Gasteiger partial charge is 0.375 e. The lowest BCUT2D eigenvalue weighted by atomic mass is 10.3. The summed E-state index contributed by atoms with van der Waals surface area (Å²) in [5, 5.41) is 3.09. The number of anilines is 1. The topological polar surface area (TPSA) is 59.5 Å². The van der Waals surface area contributed by atoms with Crippen LogP contribution in [0.5, 0.6) is 0 Å². The molecule has 0 saturated heterocycles. The van der Waals surface area contributed by atoms with Gasteiger partial charge in [0.25, 0.3) is 5.70 Å². The van der Waals surface area contributed by atoms with E-state index in [1.807, 2.05) is 0 Å². The van der Waals surface area contributed by atoms with Crippen LogP contribution in [0.3, 0.4) is 0 Å². The van der Waals surface area contributed by atoms with Crippen LogP contribution in [0.1, 0.15) is 0 Å². The Morgan fingerprint density at radius 2 is 2.29 bits per heavy atom. The molecule has 1 aromatic rings. The maximum atomic E-state index is 12.9. The van der Waals surface area contributed by atoms with Gasteiger partial charge in [-0.25, -0.2) is 9.24 Å². The summed E-state index contributed by atoms with van der Waals surface area (Å²) in [6.07, 6.45) is 1.69. The molecule has 17 heavy (non-hydrogen) atoms. The van der Waals surface area contributed by atoms with Crippen molar-refractivity contribution in [1.29, 1.82) is 0 Å². The minimum Gasteiger partial charge on any atom is -0.375 e. The molecule has 88 valence electrons. The summed E-state index contributed by atoms with van der Waals surface area (Å²) in [6, 6.07) is 5.72. The van der Waals surface area contributed by atoms with Crippen LogP contribution in [0.4, 0.5) is 10.1 Å². The molecule has 1 rings (SSSR count). The lowest BCUT2D eigenvalue weighted by Crippen LogP contribution is -2.15. The number of nitrogens with two attached hydrogens (primary N) is 1. The Balaban J connectivity index is 3.06. The number of carbonyl (C=O) groups excluding carboxylic acids is 1. The molecule has 0 unspecified atom stereocenters. The van der Waals surface area contributed by atoms with Crippen LogP contribution in [0.2, 0.25) is 0 Å². The fourth-order valence-corrected chi connectivity index (χ4v) is 1.68. The number of halogens is 1. The van der Waals surface area contributed by atoms with Crippen LogP contribution in [0.15, 0.2) is 35.0 Å². The van der Waals surface area contributed by atoms with E-state index in [1.54, 1.807) is 12.3 Å². The number of rotatable bonds is 4. The van der Waals surface area contributed by atoms with E-state index < -0.39 is 11.7 Å². The molecule has 0 heterocycles. The second kappa shape index (κ2) is 5.92. The van der Waals surface area contributed by atoms with Crippen molar-refractivity contribution in [3.05, 3.63) is 52.2 Å². The highest BCUT2D eigenvalue weighted by molar-refractivity contribution is 8.02. The zero-order chi connectivity index (χ0) is 12.8. The smallest absolute Gasteiger partial charge is 0.278 e. The number of nitrogens with zero attached hydrogens (tertiary/aromatic N) is 1. The highest BCUT2D eigenvalue weighted by atomic mass is 32.2. The van der Waals surface area contributed by atoms with E-state index in [4.69, 9.17) is 12.3 Å². The molecule has 0 fully saturated rings. The van der Waals surface area contributed by atoms with Crippen LogP contribution in [-0.2, 0) is 4.79 Å². The lowest BCUT2D eigenvalue weighted by molar-refractivity contribution is -0.114. The number of hydrogen-bond acceptors (Lipinski definition) is 3. The monoisotopic (exact) mass is 251 g/mol. The number of primary amides is 1. The molecule has 0 aliphatic rings. The summed E-state index contributed by atoms with van der Waals surface area (Å²) in [5.41, 5.74) is 5.33. The predicted molar refractivity (Wildman–Crippen MR) is 66.4 cm³/mol. The van der Waals surface area contributed by atoms with Crippen LogP contribution in [0.25, 0.3) is 4.85 Å². The first-order valence-electron chi connectivity index (χ1n) is 4.56. The Kier molecular flexibility index (Phi) is 4.55. The summed E-state index contributed by atoms with van der Waals surface area (Å²) >= 11 is 1.16. The Morgan fingerprint density at radius 3 is 2.76 bits per heavy atom. The highest BCUT2D eigenvalue weighted by Gasteiger charge is 2.12. The molecular formula is C11H10FN3OS. The molecule has 0 aliphatic carbocycles. The van der Waals surface area contributed by atoms with Gasteiger partial charge in [0.1, 0.15) is 5.82 Å². The van der Waals surface area contributed by atoms with E-state index in [-0.39, 0.29) is 5.70 Å². The maximum absolute atomic E-state index is 12.9. The molecule has 0 aromatic heterocycles. The van der Waals surface area contributed by atoms with E-state index in [9.17, 15) is 9.18 Å². The second-order valence-corrected chi connectivity index (χ2v) is 3.81. The van der Waals surface area contributed by atoms with E-state index >= 15 is 0 Å². The second-order valence-electron chi connectivity index (χ2n) is 2.99. The highest BCUT2D eigenvalue weighted by Crippen LogP contribution is 2.21. The van der Waals surface area contributed by atoms with Gasteiger partial charge < -0.3 is 11.1 Å². The summed E-state index contributed by atoms with van der Waals surface area (Å²) in [6.45, 7) is 6.87. The molecule has 0 spiro atoms. The minimum atomic E-state index is -0.812. The molecule has 4 nitrogen and oxygen atoms in total. The van der Waals surface area contributed by atoms with E-state index in [1.165, 1.54) is 18.2 Å². The van der Waals surface area contributed by atoms with Gasteiger partial charge in [-0.1, -0.05) is 6.07 Å². The quantitative estimate of drug-likeness (QED) is 0.637. The van der Waals surface area contributed by atoms with Gasteiger partial charge in [-0.05, 0) is 24.5 Å². The predicted octanol–water partition coefficient (Wildman–Crippen LogP) is 2.17. The number of thioether (sulfide) groups is 1. The van der Waals surface area contributed by atoms with Gasteiger partial charge in [-0.15, -0.1) is 11.8 Å². The zero-order valence-electron chi connectivity index (χ0n) is 9.03. The van der Waals surface area contributed by atoms with Crippen molar-refractivity contribution < 1.29 is 9.18 Å². The molecule has 0 aliphatic heterocycles. The van der Waals surface area contributed by atoms with Gasteiger partial charge in [-0.2, -0.15) is 0 Å². The van der Waals surface area contributed by atoms with Gasteiger partial charge in [-0.3, -0.25) is 4.79 Å².